The lowest BCUT2D eigenvalue weighted by atomic mass is 10.1. The predicted octanol–water partition coefficient (Wildman–Crippen LogP) is 4.72. The molecule has 5 rings (SSSR count). The van der Waals surface area contributed by atoms with E-state index in [4.69, 9.17) is 0 Å². The fourth-order valence-corrected chi connectivity index (χ4v) is 4.89. The van der Waals surface area contributed by atoms with Crippen molar-refractivity contribution in [2.75, 3.05) is 0 Å². The van der Waals surface area contributed by atoms with Crippen molar-refractivity contribution >= 4 is 43.9 Å². The first kappa shape index (κ1) is 15.1. The number of carbonyl (C=O) groups excluding carboxylic acids is 1. The maximum absolute atomic E-state index is 13.1. The van der Waals surface area contributed by atoms with Crippen molar-refractivity contribution < 1.29 is 4.79 Å². The van der Waals surface area contributed by atoms with Gasteiger partial charge in [0, 0.05) is 24.2 Å². The van der Waals surface area contributed by atoms with E-state index < -0.39 is 0 Å². The Hall–Kier alpha value is -2.18. The summed E-state index contributed by atoms with van der Waals surface area (Å²) in [4.78, 5) is 22.5. The van der Waals surface area contributed by atoms with Gasteiger partial charge in [-0.25, -0.2) is 4.98 Å². The van der Waals surface area contributed by atoms with Gasteiger partial charge in [0.15, 0.2) is 4.96 Å². The minimum absolute atomic E-state index is 0.134. The van der Waals surface area contributed by atoms with E-state index >= 15 is 0 Å². The first-order chi connectivity index (χ1) is 12.2. The highest BCUT2D eigenvalue weighted by Gasteiger charge is 2.34. The molecule has 3 heterocycles. The lowest BCUT2D eigenvalue weighted by Gasteiger charge is -2.22. The molecule has 1 aliphatic rings. The molecule has 0 unspecified atom stereocenters. The number of carbonyl (C=O) groups is 1. The van der Waals surface area contributed by atoms with Crippen LogP contribution >= 0.6 is 22.7 Å². The minimum atomic E-state index is 0.134. The second-order valence-electron chi connectivity index (χ2n) is 6.62. The van der Waals surface area contributed by atoms with E-state index in [-0.39, 0.29) is 5.91 Å². The number of aryl methyl sites for hydroxylation is 1. The average Bonchev–Trinajstić information content (AvgIpc) is 3.06. The van der Waals surface area contributed by atoms with E-state index in [1.165, 1.54) is 22.5 Å². The number of aromatic nitrogens is 2. The van der Waals surface area contributed by atoms with Crippen LogP contribution in [0.1, 0.15) is 33.6 Å². The van der Waals surface area contributed by atoms with Gasteiger partial charge in [-0.05, 0) is 31.4 Å². The molecule has 0 N–H and O–H groups in total. The van der Waals surface area contributed by atoms with Gasteiger partial charge in [0.1, 0.15) is 4.83 Å². The number of nitrogens with zero attached hydrogens (tertiary/aromatic N) is 3. The fourth-order valence-electron chi connectivity index (χ4n) is 3.14. The number of amides is 1. The maximum atomic E-state index is 13.1. The predicted molar refractivity (Wildman–Crippen MR) is 103 cm³/mol. The van der Waals surface area contributed by atoms with E-state index in [9.17, 15) is 4.79 Å². The van der Waals surface area contributed by atoms with Crippen LogP contribution in [0.2, 0.25) is 0 Å². The van der Waals surface area contributed by atoms with Gasteiger partial charge < -0.3 is 4.90 Å². The molecular weight excluding hydrogens is 350 g/mol. The second-order valence-corrected chi connectivity index (χ2v) is 8.52. The van der Waals surface area contributed by atoms with Gasteiger partial charge in [-0.1, -0.05) is 29.8 Å². The summed E-state index contributed by atoms with van der Waals surface area (Å²) in [6.45, 7) is 2.76. The van der Waals surface area contributed by atoms with Crippen LogP contribution in [0.15, 0.2) is 41.9 Å². The highest BCUT2D eigenvalue weighted by molar-refractivity contribution is 7.21. The van der Waals surface area contributed by atoms with Gasteiger partial charge in [0.05, 0.1) is 10.4 Å². The number of thiazole rings is 1. The molecule has 0 saturated heterocycles. The monoisotopic (exact) mass is 367 g/mol. The lowest BCUT2D eigenvalue weighted by molar-refractivity contribution is 0.0735. The van der Waals surface area contributed by atoms with Crippen molar-refractivity contribution in [2.24, 2.45) is 0 Å². The molecule has 4 nitrogen and oxygen atoms in total. The first-order valence-electron chi connectivity index (χ1n) is 8.40. The van der Waals surface area contributed by atoms with E-state index in [1.54, 1.807) is 11.3 Å². The molecule has 1 fully saturated rings. The summed E-state index contributed by atoms with van der Waals surface area (Å²) in [6, 6.07) is 10.8. The molecule has 0 spiro atoms. The van der Waals surface area contributed by atoms with Gasteiger partial charge in [-0.15, -0.1) is 22.7 Å². The van der Waals surface area contributed by atoms with Gasteiger partial charge >= 0.3 is 0 Å². The quantitative estimate of drug-likeness (QED) is 0.523. The molecule has 3 aromatic heterocycles. The molecule has 1 amide bonds. The largest absolute Gasteiger partial charge is 0.331 e. The van der Waals surface area contributed by atoms with Crippen LogP contribution < -0.4 is 0 Å². The van der Waals surface area contributed by atoms with Crippen molar-refractivity contribution in [2.45, 2.75) is 32.4 Å². The minimum Gasteiger partial charge on any atom is -0.331 e. The maximum Gasteiger partial charge on any atom is 0.264 e. The fraction of sp³-hybridized carbons (Fsp3) is 0.263. The Balaban J connectivity index is 1.47. The third-order valence-corrected chi connectivity index (χ3v) is 6.44. The Labute approximate surface area is 153 Å². The molecular formula is C19H17N3OS2. The van der Waals surface area contributed by atoms with Crippen LogP contribution in [0.5, 0.6) is 0 Å². The number of rotatable bonds is 4. The molecule has 1 aliphatic carbocycles. The zero-order valence-electron chi connectivity index (χ0n) is 13.8. The van der Waals surface area contributed by atoms with E-state index in [0.29, 0.717) is 12.6 Å². The molecule has 1 aromatic carbocycles. The summed E-state index contributed by atoms with van der Waals surface area (Å²) in [6.07, 6.45) is 4.23. The summed E-state index contributed by atoms with van der Waals surface area (Å²) >= 11 is 3.13. The van der Waals surface area contributed by atoms with Crippen molar-refractivity contribution in [3.05, 3.63) is 57.9 Å². The van der Waals surface area contributed by atoms with Crippen LogP contribution in [0.4, 0.5) is 0 Å². The second kappa shape index (κ2) is 5.68. The Kier molecular flexibility index (Phi) is 3.43. The topological polar surface area (TPSA) is 37.6 Å². The van der Waals surface area contributed by atoms with Gasteiger partial charge in [-0.2, -0.15) is 0 Å². The van der Waals surface area contributed by atoms with Crippen LogP contribution in [-0.2, 0) is 6.54 Å². The van der Waals surface area contributed by atoms with Crippen molar-refractivity contribution in [1.29, 1.82) is 0 Å². The molecule has 0 aliphatic heterocycles. The van der Waals surface area contributed by atoms with Gasteiger partial charge in [-0.3, -0.25) is 9.20 Å². The Morgan fingerprint density at radius 2 is 2.12 bits per heavy atom. The molecule has 0 atom stereocenters. The highest BCUT2D eigenvalue weighted by atomic mass is 32.1. The highest BCUT2D eigenvalue weighted by Crippen LogP contribution is 2.33. The molecule has 6 heteroatoms. The van der Waals surface area contributed by atoms with Crippen LogP contribution in [0, 0.1) is 6.92 Å². The Bertz CT molecular complexity index is 1070. The summed E-state index contributed by atoms with van der Waals surface area (Å²) in [5.74, 6) is 0.134. The number of thiophene rings is 1. The summed E-state index contributed by atoms with van der Waals surface area (Å²) in [5.41, 5.74) is 3.47. The molecule has 4 aromatic rings. The third kappa shape index (κ3) is 2.65. The smallest absolute Gasteiger partial charge is 0.264 e. The van der Waals surface area contributed by atoms with Crippen molar-refractivity contribution in [1.82, 2.24) is 14.3 Å². The van der Waals surface area contributed by atoms with Crippen molar-refractivity contribution in [3.8, 4) is 0 Å². The summed E-state index contributed by atoms with van der Waals surface area (Å²) < 4.78 is 2.06. The average molecular weight is 367 g/mol. The zero-order chi connectivity index (χ0) is 17.0. The van der Waals surface area contributed by atoms with Crippen LogP contribution in [0.3, 0.4) is 0 Å². The summed E-state index contributed by atoms with van der Waals surface area (Å²) in [5, 5.41) is 2.02. The molecule has 126 valence electrons. The van der Waals surface area contributed by atoms with Gasteiger partial charge in [0.2, 0.25) is 0 Å². The van der Waals surface area contributed by atoms with Gasteiger partial charge in [0.25, 0.3) is 5.91 Å². The van der Waals surface area contributed by atoms with E-state index in [1.807, 2.05) is 22.5 Å². The molecule has 0 bridgehead atoms. The number of hydrogen-bond donors (Lipinski definition) is 0. The molecule has 0 radical (unpaired) electrons. The van der Waals surface area contributed by atoms with Crippen LogP contribution in [0.25, 0.3) is 15.3 Å². The van der Waals surface area contributed by atoms with Crippen molar-refractivity contribution in [3.63, 3.8) is 0 Å². The normalized spacial score (nSPS) is 14.4. The Morgan fingerprint density at radius 1 is 1.32 bits per heavy atom. The number of imidazole rings is 1. The third-order valence-electron chi connectivity index (χ3n) is 4.67. The van der Waals surface area contributed by atoms with E-state index in [2.05, 4.69) is 40.6 Å². The summed E-state index contributed by atoms with van der Waals surface area (Å²) in [7, 11) is 0. The zero-order valence-corrected chi connectivity index (χ0v) is 15.4. The SMILES string of the molecule is Cc1ccc(CN(C(=O)c2cc3c(nc4sccn43)s2)C2CC2)cc1. The number of fused-ring (bicyclic) bond motifs is 3. The number of hydrogen-bond acceptors (Lipinski definition) is 4. The first-order valence-corrected chi connectivity index (χ1v) is 10.1. The Morgan fingerprint density at radius 3 is 2.88 bits per heavy atom. The molecule has 25 heavy (non-hydrogen) atoms. The lowest BCUT2D eigenvalue weighted by Crippen LogP contribution is -2.32. The van der Waals surface area contributed by atoms with Crippen LogP contribution in [-0.4, -0.2) is 26.2 Å². The standard InChI is InChI=1S/C19H17N3OS2/c1-12-2-4-13(5-3-12)11-22(14-6-7-14)18(23)16-10-15-17(25-16)20-19-21(15)8-9-24-19/h2-5,8-10,14H,6-7,11H2,1H3. The number of benzene rings is 1. The van der Waals surface area contributed by atoms with E-state index in [0.717, 1.165) is 33.0 Å². The molecule has 1 saturated carbocycles.